The Morgan fingerprint density at radius 2 is 2.14 bits per heavy atom. The molecule has 1 saturated heterocycles. The first-order valence-electron chi connectivity index (χ1n) is 7.35. The van der Waals surface area contributed by atoms with Crippen LogP contribution in [0, 0.1) is 5.92 Å². The van der Waals surface area contributed by atoms with Crippen LogP contribution < -0.4 is 10.6 Å². The topological polar surface area (TPSA) is 59.0 Å². The summed E-state index contributed by atoms with van der Waals surface area (Å²) in [5.41, 5.74) is 2.33. The fraction of sp³-hybridized carbons (Fsp3) is 0.375. The molecule has 1 aliphatic heterocycles. The van der Waals surface area contributed by atoms with Crippen molar-refractivity contribution in [3.8, 4) is 0 Å². The van der Waals surface area contributed by atoms with Crippen molar-refractivity contribution in [1.82, 2.24) is 20.4 Å². The van der Waals surface area contributed by atoms with E-state index in [0.29, 0.717) is 6.54 Å². The zero-order valence-electron chi connectivity index (χ0n) is 12.0. The Labute approximate surface area is 124 Å². The number of hydrogen-bond donors (Lipinski definition) is 2. The molecule has 0 saturated carbocycles. The second-order valence-corrected chi connectivity index (χ2v) is 5.43. The molecule has 2 aromatic rings. The Bertz CT molecular complexity index is 571. The predicted octanol–water partition coefficient (Wildman–Crippen LogP) is 1.16. The molecule has 0 radical (unpaired) electrons. The lowest BCUT2D eigenvalue weighted by Crippen LogP contribution is -2.31. The summed E-state index contributed by atoms with van der Waals surface area (Å²) in [6.45, 7) is 3.11. The van der Waals surface area contributed by atoms with Crippen LogP contribution in [0.1, 0.15) is 17.5 Å². The van der Waals surface area contributed by atoms with Gasteiger partial charge >= 0.3 is 0 Å². The molecule has 110 valence electrons. The van der Waals surface area contributed by atoms with Crippen LogP contribution in [-0.4, -0.2) is 28.8 Å². The van der Waals surface area contributed by atoms with Gasteiger partial charge in [0.1, 0.15) is 0 Å². The van der Waals surface area contributed by atoms with Crippen molar-refractivity contribution in [3.05, 3.63) is 53.9 Å². The SMILES string of the molecule is O=C(NCc1ccc(Cn2cccn2)cc1)C1CCNC1. The molecular weight excluding hydrogens is 264 g/mol. The Balaban J connectivity index is 1.51. The lowest BCUT2D eigenvalue weighted by atomic mass is 10.1. The van der Waals surface area contributed by atoms with E-state index in [0.717, 1.165) is 31.6 Å². The molecule has 21 heavy (non-hydrogen) atoms. The van der Waals surface area contributed by atoms with Crippen LogP contribution >= 0.6 is 0 Å². The van der Waals surface area contributed by atoms with E-state index in [2.05, 4.69) is 40.0 Å². The van der Waals surface area contributed by atoms with E-state index in [9.17, 15) is 4.79 Å². The highest BCUT2D eigenvalue weighted by Crippen LogP contribution is 2.09. The maximum atomic E-state index is 11.9. The maximum Gasteiger partial charge on any atom is 0.224 e. The van der Waals surface area contributed by atoms with Crippen molar-refractivity contribution in [2.75, 3.05) is 13.1 Å². The summed E-state index contributed by atoms with van der Waals surface area (Å²) in [6, 6.07) is 10.2. The fourth-order valence-corrected chi connectivity index (χ4v) is 2.56. The van der Waals surface area contributed by atoms with E-state index in [4.69, 9.17) is 0 Å². The lowest BCUT2D eigenvalue weighted by molar-refractivity contribution is -0.124. The molecule has 0 spiro atoms. The Morgan fingerprint density at radius 3 is 2.81 bits per heavy atom. The number of aromatic nitrogens is 2. The molecule has 5 heteroatoms. The molecule has 2 heterocycles. The second kappa shape index (κ2) is 6.54. The van der Waals surface area contributed by atoms with E-state index in [1.54, 1.807) is 6.20 Å². The number of nitrogens with zero attached hydrogens (tertiary/aromatic N) is 2. The summed E-state index contributed by atoms with van der Waals surface area (Å²) in [5, 5.41) is 10.4. The van der Waals surface area contributed by atoms with Crippen LogP contribution in [-0.2, 0) is 17.9 Å². The van der Waals surface area contributed by atoms with Gasteiger partial charge in [0.2, 0.25) is 5.91 Å². The highest BCUT2D eigenvalue weighted by atomic mass is 16.1. The van der Waals surface area contributed by atoms with Crippen molar-refractivity contribution in [3.63, 3.8) is 0 Å². The summed E-state index contributed by atoms with van der Waals surface area (Å²) < 4.78 is 1.89. The number of amides is 1. The van der Waals surface area contributed by atoms with Gasteiger partial charge in [0.25, 0.3) is 0 Å². The molecular formula is C16H20N4O. The van der Waals surface area contributed by atoms with E-state index in [-0.39, 0.29) is 11.8 Å². The van der Waals surface area contributed by atoms with Crippen LogP contribution in [0.3, 0.4) is 0 Å². The van der Waals surface area contributed by atoms with Crippen LogP contribution in [0.2, 0.25) is 0 Å². The zero-order valence-corrected chi connectivity index (χ0v) is 12.0. The average molecular weight is 284 g/mol. The van der Waals surface area contributed by atoms with Gasteiger partial charge < -0.3 is 10.6 Å². The number of nitrogens with one attached hydrogen (secondary N) is 2. The molecule has 1 aromatic carbocycles. The quantitative estimate of drug-likeness (QED) is 0.866. The summed E-state index contributed by atoms with van der Waals surface area (Å²) in [4.78, 5) is 11.9. The van der Waals surface area contributed by atoms with Crippen molar-refractivity contribution < 1.29 is 4.79 Å². The summed E-state index contributed by atoms with van der Waals surface area (Å²) in [6.07, 6.45) is 4.67. The largest absolute Gasteiger partial charge is 0.352 e. The molecule has 0 aliphatic carbocycles. The third kappa shape index (κ3) is 3.70. The second-order valence-electron chi connectivity index (χ2n) is 5.43. The minimum atomic E-state index is 0.129. The number of hydrogen-bond acceptors (Lipinski definition) is 3. The number of carbonyl (C=O) groups excluding carboxylic acids is 1. The third-order valence-corrected chi connectivity index (χ3v) is 3.82. The molecule has 1 unspecified atom stereocenters. The lowest BCUT2D eigenvalue weighted by Gasteiger charge is -2.10. The van der Waals surface area contributed by atoms with Crippen LogP contribution in [0.15, 0.2) is 42.7 Å². The van der Waals surface area contributed by atoms with E-state index < -0.39 is 0 Å². The van der Waals surface area contributed by atoms with E-state index in [1.165, 1.54) is 5.56 Å². The van der Waals surface area contributed by atoms with Gasteiger partial charge in [-0.1, -0.05) is 24.3 Å². The molecule has 0 bridgehead atoms. The molecule has 1 atom stereocenters. The van der Waals surface area contributed by atoms with Gasteiger partial charge in [-0.15, -0.1) is 0 Å². The maximum absolute atomic E-state index is 11.9. The van der Waals surface area contributed by atoms with Crippen LogP contribution in [0.5, 0.6) is 0 Å². The molecule has 1 fully saturated rings. The van der Waals surface area contributed by atoms with E-state index in [1.807, 2.05) is 16.9 Å². The zero-order chi connectivity index (χ0) is 14.5. The first kappa shape index (κ1) is 13.8. The minimum Gasteiger partial charge on any atom is -0.352 e. The van der Waals surface area contributed by atoms with Crippen molar-refractivity contribution in [2.45, 2.75) is 19.5 Å². The van der Waals surface area contributed by atoms with Crippen LogP contribution in [0.4, 0.5) is 0 Å². The van der Waals surface area contributed by atoms with Crippen LogP contribution in [0.25, 0.3) is 0 Å². The number of benzene rings is 1. The van der Waals surface area contributed by atoms with Gasteiger partial charge in [0.05, 0.1) is 12.5 Å². The molecule has 2 N–H and O–H groups in total. The number of rotatable bonds is 5. The first-order chi connectivity index (χ1) is 10.3. The van der Waals surface area contributed by atoms with Gasteiger partial charge in [-0.25, -0.2) is 0 Å². The van der Waals surface area contributed by atoms with Crippen molar-refractivity contribution >= 4 is 5.91 Å². The van der Waals surface area contributed by atoms with Gasteiger partial charge in [-0.2, -0.15) is 5.10 Å². The highest BCUT2D eigenvalue weighted by Gasteiger charge is 2.21. The van der Waals surface area contributed by atoms with Crippen molar-refractivity contribution in [2.24, 2.45) is 5.92 Å². The smallest absolute Gasteiger partial charge is 0.224 e. The van der Waals surface area contributed by atoms with Gasteiger partial charge in [-0.05, 0) is 30.2 Å². The molecule has 1 aliphatic rings. The Hall–Kier alpha value is -2.14. The Morgan fingerprint density at radius 1 is 1.33 bits per heavy atom. The predicted molar refractivity (Wildman–Crippen MR) is 80.6 cm³/mol. The summed E-state index contributed by atoms with van der Waals surface area (Å²) in [7, 11) is 0. The highest BCUT2D eigenvalue weighted by molar-refractivity contribution is 5.79. The molecule has 5 nitrogen and oxygen atoms in total. The Kier molecular flexibility index (Phi) is 4.31. The normalized spacial score (nSPS) is 17.8. The summed E-state index contributed by atoms with van der Waals surface area (Å²) in [5.74, 6) is 0.282. The van der Waals surface area contributed by atoms with Gasteiger partial charge in [-0.3, -0.25) is 9.48 Å². The standard InChI is InChI=1S/C16H20N4O/c21-16(15-6-8-17-11-15)18-10-13-2-4-14(5-3-13)12-20-9-1-7-19-20/h1-5,7,9,15,17H,6,8,10-12H2,(H,18,21). The van der Waals surface area contributed by atoms with Gasteiger partial charge in [0.15, 0.2) is 0 Å². The number of carbonyl (C=O) groups is 1. The molecule has 1 amide bonds. The first-order valence-corrected chi connectivity index (χ1v) is 7.35. The third-order valence-electron chi connectivity index (χ3n) is 3.82. The summed E-state index contributed by atoms with van der Waals surface area (Å²) >= 11 is 0. The molecule has 3 rings (SSSR count). The van der Waals surface area contributed by atoms with Crippen molar-refractivity contribution in [1.29, 1.82) is 0 Å². The monoisotopic (exact) mass is 284 g/mol. The molecule has 1 aromatic heterocycles. The fourth-order valence-electron chi connectivity index (χ4n) is 2.56. The van der Waals surface area contributed by atoms with E-state index >= 15 is 0 Å². The van der Waals surface area contributed by atoms with Gasteiger partial charge in [0, 0.05) is 25.5 Å². The average Bonchev–Trinajstić information content (AvgIpc) is 3.19. The minimum absolute atomic E-state index is 0.129.